The number of nitrogens with one attached hydrogen (secondary N) is 1. The van der Waals surface area contributed by atoms with E-state index in [1.165, 1.54) is 12.5 Å². The van der Waals surface area contributed by atoms with Crippen LogP contribution in [0.4, 0.5) is 17.3 Å². The van der Waals surface area contributed by atoms with Crippen LogP contribution in [0.25, 0.3) is 0 Å². The van der Waals surface area contributed by atoms with Crippen molar-refractivity contribution in [1.82, 2.24) is 10.2 Å². The van der Waals surface area contributed by atoms with E-state index in [0.717, 1.165) is 11.5 Å². The number of carbonyl (C=O) groups excluding carboxylic acids is 1. The largest absolute Gasteiger partial charge is 0.320 e. The second-order valence-electron chi connectivity index (χ2n) is 5.37. The third-order valence-electron chi connectivity index (χ3n) is 3.48. The lowest BCUT2D eigenvalue weighted by atomic mass is 10.2. The van der Waals surface area contributed by atoms with Crippen molar-refractivity contribution in [1.29, 1.82) is 0 Å². The first-order valence-electron chi connectivity index (χ1n) is 7.70. The minimum Gasteiger partial charge on any atom is -0.320 e. The molecule has 1 amide bonds. The Morgan fingerprint density at radius 3 is 2.17 bits per heavy atom. The average molecular weight is 318 g/mol. The second kappa shape index (κ2) is 7.37. The zero-order chi connectivity index (χ0) is 16.8. The van der Waals surface area contributed by atoms with Crippen LogP contribution in [0.1, 0.15) is 12.5 Å². The van der Waals surface area contributed by atoms with Gasteiger partial charge in [0.05, 0.1) is 0 Å². The van der Waals surface area contributed by atoms with E-state index in [9.17, 15) is 4.79 Å². The minimum absolute atomic E-state index is 0.166. The Morgan fingerprint density at radius 2 is 1.58 bits per heavy atom. The number of nitrogens with zero attached hydrogens (tertiary/aromatic N) is 3. The van der Waals surface area contributed by atoms with Crippen LogP contribution in [0.2, 0.25) is 0 Å². The summed E-state index contributed by atoms with van der Waals surface area (Å²) in [6, 6.07) is 23.8. The summed E-state index contributed by atoms with van der Waals surface area (Å²) in [6.07, 6.45) is 0. The van der Waals surface area contributed by atoms with E-state index in [2.05, 4.69) is 32.5 Å². The molecule has 0 spiro atoms. The number of hydrogen-bond acceptors (Lipinski definition) is 4. The Morgan fingerprint density at radius 1 is 0.917 bits per heavy atom. The summed E-state index contributed by atoms with van der Waals surface area (Å²) in [5.41, 5.74) is 2.21. The van der Waals surface area contributed by atoms with Crippen LogP contribution in [-0.2, 0) is 11.3 Å². The van der Waals surface area contributed by atoms with Crippen molar-refractivity contribution in [2.45, 2.75) is 13.5 Å². The molecule has 1 aromatic heterocycles. The molecule has 2 aromatic carbocycles. The summed E-state index contributed by atoms with van der Waals surface area (Å²) >= 11 is 0. The van der Waals surface area contributed by atoms with Crippen molar-refractivity contribution in [3.63, 3.8) is 0 Å². The lowest BCUT2D eigenvalue weighted by Gasteiger charge is -2.23. The number of para-hydroxylation sites is 1. The standard InChI is InChI=1S/C19H18N4O/c1-15(24)20-18-12-13-19(22-21-18)23(17-10-6-3-7-11-17)14-16-8-4-2-5-9-16/h2-13H,14H2,1H3,(H,20,21,24). The highest BCUT2D eigenvalue weighted by atomic mass is 16.1. The van der Waals surface area contributed by atoms with Crippen LogP contribution in [-0.4, -0.2) is 16.1 Å². The molecule has 0 saturated carbocycles. The second-order valence-corrected chi connectivity index (χ2v) is 5.37. The van der Waals surface area contributed by atoms with Gasteiger partial charge in [0.1, 0.15) is 0 Å². The molecule has 120 valence electrons. The van der Waals surface area contributed by atoms with Gasteiger partial charge < -0.3 is 10.2 Å². The van der Waals surface area contributed by atoms with Gasteiger partial charge in [0.25, 0.3) is 0 Å². The van der Waals surface area contributed by atoms with Crippen LogP contribution < -0.4 is 10.2 Å². The molecule has 24 heavy (non-hydrogen) atoms. The highest BCUT2D eigenvalue weighted by molar-refractivity contribution is 5.87. The summed E-state index contributed by atoms with van der Waals surface area (Å²) in [5.74, 6) is 0.999. The monoisotopic (exact) mass is 318 g/mol. The highest BCUT2D eigenvalue weighted by Gasteiger charge is 2.12. The third kappa shape index (κ3) is 3.95. The summed E-state index contributed by atoms with van der Waals surface area (Å²) in [7, 11) is 0. The molecule has 0 saturated heterocycles. The number of aromatic nitrogens is 2. The molecule has 0 aliphatic carbocycles. The zero-order valence-corrected chi connectivity index (χ0v) is 13.4. The predicted octanol–water partition coefficient (Wildman–Crippen LogP) is 3.77. The van der Waals surface area contributed by atoms with Gasteiger partial charge in [-0.3, -0.25) is 4.79 Å². The van der Waals surface area contributed by atoms with Gasteiger partial charge in [0.15, 0.2) is 11.6 Å². The van der Waals surface area contributed by atoms with E-state index in [1.807, 2.05) is 54.6 Å². The van der Waals surface area contributed by atoms with Crippen molar-refractivity contribution >= 4 is 23.2 Å². The fraction of sp³-hybridized carbons (Fsp3) is 0.105. The lowest BCUT2D eigenvalue weighted by Crippen LogP contribution is -2.18. The molecule has 5 heteroatoms. The van der Waals surface area contributed by atoms with Crippen molar-refractivity contribution in [3.8, 4) is 0 Å². The maximum Gasteiger partial charge on any atom is 0.222 e. The van der Waals surface area contributed by atoms with Gasteiger partial charge in [0.2, 0.25) is 5.91 Å². The van der Waals surface area contributed by atoms with E-state index >= 15 is 0 Å². The predicted molar refractivity (Wildman–Crippen MR) is 95.1 cm³/mol. The van der Waals surface area contributed by atoms with E-state index in [1.54, 1.807) is 6.07 Å². The SMILES string of the molecule is CC(=O)Nc1ccc(N(Cc2ccccc2)c2ccccc2)nn1. The summed E-state index contributed by atoms with van der Waals surface area (Å²) in [5, 5.41) is 11.0. The Kier molecular flexibility index (Phi) is 4.81. The van der Waals surface area contributed by atoms with Crippen LogP contribution in [0, 0.1) is 0 Å². The minimum atomic E-state index is -0.166. The molecule has 0 aliphatic heterocycles. The first kappa shape index (κ1) is 15.7. The van der Waals surface area contributed by atoms with Crippen LogP contribution in [0.15, 0.2) is 72.8 Å². The maximum absolute atomic E-state index is 11.1. The van der Waals surface area contributed by atoms with Gasteiger partial charge in [-0.15, -0.1) is 10.2 Å². The van der Waals surface area contributed by atoms with Gasteiger partial charge in [-0.2, -0.15) is 0 Å². The zero-order valence-electron chi connectivity index (χ0n) is 13.4. The van der Waals surface area contributed by atoms with Crippen molar-refractivity contribution in [2.24, 2.45) is 0 Å². The normalized spacial score (nSPS) is 10.2. The molecule has 0 bridgehead atoms. The number of amides is 1. The summed E-state index contributed by atoms with van der Waals surface area (Å²) < 4.78 is 0. The molecule has 1 heterocycles. The van der Waals surface area contributed by atoms with Crippen LogP contribution >= 0.6 is 0 Å². The van der Waals surface area contributed by atoms with E-state index in [4.69, 9.17) is 0 Å². The van der Waals surface area contributed by atoms with Gasteiger partial charge in [-0.25, -0.2) is 0 Å². The Hall–Kier alpha value is -3.21. The third-order valence-corrected chi connectivity index (χ3v) is 3.48. The molecule has 0 radical (unpaired) electrons. The molecule has 3 rings (SSSR count). The molecule has 5 nitrogen and oxygen atoms in total. The number of anilines is 3. The van der Waals surface area contributed by atoms with Gasteiger partial charge in [-0.05, 0) is 29.8 Å². The average Bonchev–Trinajstić information content (AvgIpc) is 2.62. The molecule has 3 aromatic rings. The van der Waals surface area contributed by atoms with Crippen molar-refractivity contribution in [3.05, 3.63) is 78.4 Å². The maximum atomic E-state index is 11.1. The van der Waals surface area contributed by atoms with Gasteiger partial charge in [0, 0.05) is 19.2 Å². The molecule has 0 aliphatic rings. The van der Waals surface area contributed by atoms with Crippen molar-refractivity contribution in [2.75, 3.05) is 10.2 Å². The Bertz CT molecular complexity index is 789. The van der Waals surface area contributed by atoms with Gasteiger partial charge in [-0.1, -0.05) is 48.5 Å². The summed E-state index contributed by atoms with van der Waals surface area (Å²) in [6.45, 7) is 2.13. The quantitative estimate of drug-likeness (QED) is 0.778. The fourth-order valence-corrected chi connectivity index (χ4v) is 2.39. The Balaban J connectivity index is 1.91. The molecule has 1 N–H and O–H groups in total. The molecule has 0 atom stereocenters. The first-order chi connectivity index (χ1) is 11.7. The first-order valence-corrected chi connectivity index (χ1v) is 7.70. The number of rotatable bonds is 5. The summed E-state index contributed by atoms with van der Waals surface area (Å²) in [4.78, 5) is 13.2. The lowest BCUT2D eigenvalue weighted by molar-refractivity contribution is -0.114. The van der Waals surface area contributed by atoms with Gasteiger partial charge >= 0.3 is 0 Å². The molecule has 0 unspecified atom stereocenters. The fourth-order valence-electron chi connectivity index (χ4n) is 2.39. The smallest absolute Gasteiger partial charge is 0.222 e. The topological polar surface area (TPSA) is 58.1 Å². The molecule has 0 fully saturated rings. The van der Waals surface area contributed by atoms with Crippen LogP contribution in [0.5, 0.6) is 0 Å². The van der Waals surface area contributed by atoms with Crippen LogP contribution in [0.3, 0.4) is 0 Å². The number of benzene rings is 2. The number of hydrogen-bond donors (Lipinski definition) is 1. The molecular formula is C19H18N4O. The van der Waals surface area contributed by atoms with Crippen molar-refractivity contribution < 1.29 is 4.79 Å². The van der Waals surface area contributed by atoms with E-state index < -0.39 is 0 Å². The highest BCUT2D eigenvalue weighted by Crippen LogP contribution is 2.25. The molecular weight excluding hydrogens is 300 g/mol. The Labute approximate surface area is 141 Å². The number of carbonyl (C=O) groups is 1. The van der Waals surface area contributed by atoms with E-state index in [-0.39, 0.29) is 5.91 Å². The van der Waals surface area contributed by atoms with E-state index in [0.29, 0.717) is 12.4 Å².